The van der Waals surface area contributed by atoms with Crippen LogP contribution in [0.5, 0.6) is 0 Å². The number of aryl methyl sites for hydroxylation is 1. The number of hydrogen-bond donors (Lipinski definition) is 1. The second-order valence-electron chi connectivity index (χ2n) is 5.13. The van der Waals surface area contributed by atoms with Crippen LogP contribution < -0.4 is 0 Å². The van der Waals surface area contributed by atoms with Crippen LogP contribution in [0.15, 0.2) is 18.2 Å². The average molecular weight is 278 g/mol. The summed E-state index contributed by atoms with van der Waals surface area (Å²) >= 11 is 0. The van der Waals surface area contributed by atoms with Gasteiger partial charge in [0.2, 0.25) is 0 Å². The lowest BCUT2D eigenvalue weighted by Crippen LogP contribution is -2.24. The molecule has 0 aliphatic heterocycles. The van der Waals surface area contributed by atoms with E-state index in [-0.39, 0.29) is 23.1 Å². The maximum atomic E-state index is 12.2. The second kappa shape index (κ2) is 7.08. The van der Waals surface area contributed by atoms with Crippen LogP contribution in [-0.4, -0.2) is 23.1 Å². The van der Waals surface area contributed by atoms with Crippen molar-refractivity contribution >= 4 is 11.9 Å². The summed E-state index contributed by atoms with van der Waals surface area (Å²) in [6.07, 6.45) is 1.23. The highest BCUT2D eigenvalue weighted by atomic mass is 16.5. The standard InChI is InChI=1S/C16H22O4/c1-5-11-7-8-12(13(9-11)15(17)18)16(19)20-14(6-2)10(3)4/h7-10,14H,5-6H2,1-4H3,(H,17,18). The molecule has 0 aliphatic carbocycles. The fourth-order valence-corrected chi connectivity index (χ4v) is 2.06. The summed E-state index contributed by atoms with van der Waals surface area (Å²) in [5, 5.41) is 9.23. The van der Waals surface area contributed by atoms with Crippen molar-refractivity contribution in [3.8, 4) is 0 Å². The molecule has 0 amide bonds. The number of esters is 1. The van der Waals surface area contributed by atoms with Crippen LogP contribution in [0.1, 0.15) is 60.4 Å². The summed E-state index contributed by atoms with van der Waals surface area (Å²) in [7, 11) is 0. The Hall–Kier alpha value is -1.84. The van der Waals surface area contributed by atoms with Gasteiger partial charge in [-0.15, -0.1) is 0 Å². The molecule has 1 aromatic carbocycles. The zero-order chi connectivity index (χ0) is 15.3. The number of rotatable bonds is 6. The number of carbonyl (C=O) groups is 2. The molecule has 1 aromatic rings. The normalized spacial score (nSPS) is 12.2. The molecule has 110 valence electrons. The van der Waals surface area contributed by atoms with Gasteiger partial charge in [0, 0.05) is 0 Å². The van der Waals surface area contributed by atoms with Crippen molar-refractivity contribution in [3.63, 3.8) is 0 Å². The first-order valence-electron chi connectivity index (χ1n) is 6.97. The highest BCUT2D eigenvalue weighted by Crippen LogP contribution is 2.18. The largest absolute Gasteiger partial charge is 0.478 e. The van der Waals surface area contributed by atoms with E-state index in [0.29, 0.717) is 6.42 Å². The number of benzene rings is 1. The summed E-state index contributed by atoms with van der Waals surface area (Å²) in [5.41, 5.74) is 1.01. The first-order chi connectivity index (χ1) is 9.40. The van der Waals surface area contributed by atoms with E-state index < -0.39 is 11.9 Å². The monoisotopic (exact) mass is 278 g/mol. The lowest BCUT2D eigenvalue weighted by Gasteiger charge is -2.20. The molecule has 0 aliphatic rings. The van der Waals surface area contributed by atoms with Gasteiger partial charge in [0.15, 0.2) is 0 Å². The summed E-state index contributed by atoms with van der Waals surface area (Å²) in [6, 6.07) is 4.84. The molecular formula is C16H22O4. The number of carboxylic acids is 1. The molecule has 1 rings (SSSR count). The molecule has 0 saturated heterocycles. The van der Waals surface area contributed by atoms with Crippen LogP contribution >= 0.6 is 0 Å². The van der Waals surface area contributed by atoms with Crippen molar-refractivity contribution in [1.29, 1.82) is 0 Å². The Bertz CT molecular complexity index is 491. The molecule has 1 atom stereocenters. The Kier molecular flexibility index (Phi) is 5.74. The molecule has 0 fully saturated rings. The van der Waals surface area contributed by atoms with Crippen molar-refractivity contribution < 1.29 is 19.4 Å². The maximum absolute atomic E-state index is 12.2. The zero-order valence-electron chi connectivity index (χ0n) is 12.5. The SMILES string of the molecule is CCc1ccc(C(=O)OC(CC)C(C)C)c(C(=O)O)c1. The van der Waals surface area contributed by atoms with Crippen molar-refractivity contribution in [3.05, 3.63) is 34.9 Å². The van der Waals surface area contributed by atoms with E-state index in [2.05, 4.69) is 0 Å². The fourth-order valence-electron chi connectivity index (χ4n) is 2.06. The number of carbonyl (C=O) groups excluding carboxylic acids is 1. The molecular weight excluding hydrogens is 256 g/mol. The van der Waals surface area contributed by atoms with Gasteiger partial charge in [-0.2, -0.15) is 0 Å². The van der Waals surface area contributed by atoms with Crippen LogP contribution in [0.2, 0.25) is 0 Å². The molecule has 4 heteroatoms. The van der Waals surface area contributed by atoms with E-state index in [1.54, 1.807) is 6.07 Å². The number of hydrogen-bond acceptors (Lipinski definition) is 3. The van der Waals surface area contributed by atoms with Crippen LogP contribution in [-0.2, 0) is 11.2 Å². The summed E-state index contributed by atoms with van der Waals surface area (Å²) < 4.78 is 5.41. The van der Waals surface area contributed by atoms with E-state index in [9.17, 15) is 14.7 Å². The minimum atomic E-state index is -1.11. The van der Waals surface area contributed by atoms with E-state index in [1.165, 1.54) is 12.1 Å². The number of aromatic carboxylic acids is 1. The first kappa shape index (κ1) is 16.2. The Labute approximate surface area is 119 Å². The van der Waals surface area contributed by atoms with Gasteiger partial charge in [-0.05, 0) is 36.5 Å². The minimum absolute atomic E-state index is 0.00737. The third-order valence-corrected chi connectivity index (χ3v) is 3.35. The van der Waals surface area contributed by atoms with E-state index >= 15 is 0 Å². The van der Waals surface area contributed by atoms with E-state index in [1.807, 2.05) is 27.7 Å². The van der Waals surface area contributed by atoms with Gasteiger partial charge < -0.3 is 9.84 Å². The summed E-state index contributed by atoms with van der Waals surface area (Å²) in [5.74, 6) is -1.47. The van der Waals surface area contributed by atoms with Crippen molar-refractivity contribution in [1.82, 2.24) is 0 Å². The average Bonchev–Trinajstić information content (AvgIpc) is 2.43. The molecule has 0 spiro atoms. The van der Waals surface area contributed by atoms with Crippen LogP contribution in [0.3, 0.4) is 0 Å². The predicted molar refractivity (Wildman–Crippen MR) is 77.1 cm³/mol. The highest BCUT2D eigenvalue weighted by Gasteiger charge is 2.22. The molecule has 1 N–H and O–H groups in total. The molecule has 0 radical (unpaired) electrons. The van der Waals surface area contributed by atoms with Crippen LogP contribution in [0, 0.1) is 5.92 Å². The minimum Gasteiger partial charge on any atom is -0.478 e. The molecule has 4 nitrogen and oxygen atoms in total. The maximum Gasteiger partial charge on any atom is 0.339 e. The van der Waals surface area contributed by atoms with Gasteiger partial charge in [-0.1, -0.05) is 33.8 Å². The van der Waals surface area contributed by atoms with Gasteiger partial charge in [-0.3, -0.25) is 0 Å². The number of carboxylic acid groups (broad SMARTS) is 1. The predicted octanol–water partition coefficient (Wildman–Crippen LogP) is 3.54. The molecule has 0 heterocycles. The first-order valence-corrected chi connectivity index (χ1v) is 6.97. The quantitative estimate of drug-likeness (QED) is 0.808. The Morgan fingerprint density at radius 3 is 2.30 bits per heavy atom. The Morgan fingerprint density at radius 1 is 1.20 bits per heavy atom. The van der Waals surface area contributed by atoms with Crippen LogP contribution in [0.25, 0.3) is 0 Å². The smallest absolute Gasteiger partial charge is 0.339 e. The lowest BCUT2D eigenvalue weighted by molar-refractivity contribution is 0.0169. The zero-order valence-corrected chi connectivity index (χ0v) is 12.5. The fraction of sp³-hybridized carbons (Fsp3) is 0.500. The third-order valence-electron chi connectivity index (χ3n) is 3.35. The van der Waals surface area contributed by atoms with Crippen molar-refractivity contribution in [2.75, 3.05) is 0 Å². The third kappa shape index (κ3) is 3.83. The second-order valence-corrected chi connectivity index (χ2v) is 5.13. The van der Waals surface area contributed by atoms with Gasteiger partial charge >= 0.3 is 11.9 Å². The molecule has 0 aromatic heterocycles. The van der Waals surface area contributed by atoms with Gasteiger partial charge in [0.05, 0.1) is 11.1 Å². The highest BCUT2D eigenvalue weighted by molar-refractivity contribution is 6.02. The Morgan fingerprint density at radius 2 is 1.85 bits per heavy atom. The molecule has 20 heavy (non-hydrogen) atoms. The van der Waals surface area contributed by atoms with Gasteiger partial charge in [-0.25, -0.2) is 9.59 Å². The molecule has 0 bridgehead atoms. The summed E-state index contributed by atoms with van der Waals surface area (Å²) in [6.45, 7) is 7.82. The van der Waals surface area contributed by atoms with Crippen molar-refractivity contribution in [2.24, 2.45) is 5.92 Å². The van der Waals surface area contributed by atoms with Crippen molar-refractivity contribution in [2.45, 2.75) is 46.6 Å². The molecule has 0 saturated carbocycles. The number of ether oxygens (including phenoxy) is 1. The van der Waals surface area contributed by atoms with Gasteiger partial charge in [0.1, 0.15) is 6.10 Å². The van der Waals surface area contributed by atoms with E-state index in [4.69, 9.17) is 4.74 Å². The Balaban J connectivity index is 3.06. The summed E-state index contributed by atoms with van der Waals surface area (Å²) in [4.78, 5) is 23.4. The van der Waals surface area contributed by atoms with Crippen LogP contribution in [0.4, 0.5) is 0 Å². The van der Waals surface area contributed by atoms with Gasteiger partial charge in [0.25, 0.3) is 0 Å². The van der Waals surface area contributed by atoms with E-state index in [0.717, 1.165) is 12.0 Å². The topological polar surface area (TPSA) is 63.6 Å². The lowest BCUT2D eigenvalue weighted by atomic mass is 10.0. The molecule has 1 unspecified atom stereocenters.